The Kier molecular flexibility index (Phi) is 3.79. The first kappa shape index (κ1) is 15.5. The third-order valence-electron chi connectivity index (χ3n) is 4.31. The van der Waals surface area contributed by atoms with Crippen molar-refractivity contribution in [2.75, 3.05) is 0 Å². The molecule has 1 aromatic carbocycles. The molecular weight excluding hydrogens is 323 g/mol. The topological polar surface area (TPSA) is 77.6 Å². The number of nitrogens with zero attached hydrogens (tertiary/aromatic N) is 5. The molecule has 0 radical (unpaired) electrons. The van der Waals surface area contributed by atoms with Crippen LogP contribution in [0.3, 0.4) is 0 Å². The van der Waals surface area contributed by atoms with Gasteiger partial charge in [0, 0.05) is 31.4 Å². The number of hydrogen-bond donors (Lipinski definition) is 1. The van der Waals surface area contributed by atoms with E-state index in [4.69, 9.17) is 0 Å². The van der Waals surface area contributed by atoms with E-state index < -0.39 is 0 Å². The Bertz CT molecular complexity index is 914. The van der Waals surface area contributed by atoms with Crippen LogP contribution in [0.1, 0.15) is 28.7 Å². The lowest BCUT2D eigenvalue weighted by Crippen LogP contribution is -2.41. The fourth-order valence-electron chi connectivity index (χ4n) is 3.05. The van der Waals surface area contributed by atoms with Crippen LogP contribution in [0.5, 0.6) is 0 Å². The smallest absolute Gasteiger partial charge is 0.291 e. The van der Waals surface area contributed by atoms with Crippen molar-refractivity contribution in [3.05, 3.63) is 59.9 Å². The molecule has 4 rings (SSSR count). The molecule has 0 unspecified atom stereocenters. The summed E-state index contributed by atoms with van der Waals surface area (Å²) in [5, 5.41) is 7.24. The number of aryl methyl sites for hydroxylation is 2. The molecule has 0 saturated heterocycles. The lowest BCUT2D eigenvalue weighted by Gasteiger charge is -2.24. The summed E-state index contributed by atoms with van der Waals surface area (Å²) in [6.07, 6.45) is 5.35. The van der Waals surface area contributed by atoms with Crippen molar-refractivity contribution in [3.8, 4) is 5.69 Å². The zero-order chi connectivity index (χ0) is 17.4. The fraction of sp³-hybridized carbons (Fsp3) is 0.294. The van der Waals surface area contributed by atoms with Gasteiger partial charge >= 0.3 is 0 Å². The van der Waals surface area contributed by atoms with Gasteiger partial charge in [0.05, 0.1) is 5.69 Å². The number of hydrogen-bond acceptors (Lipinski definition) is 4. The van der Waals surface area contributed by atoms with E-state index in [0.29, 0.717) is 18.1 Å². The quantitative estimate of drug-likeness (QED) is 0.786. The van der Waals surface area contributed by atoms with E-state index in [0.717, 1.165) is 18.7 Å². The van der Waals surface area contributed by atoms with Crippen LogP contribution in [0, 0.1) is 12.7 Å². The Hall–Kier alpha value is -3.03. The summed E-state index contributed by atoms with van der Waals surface area (Å²) in [7, 11) is 0. The molecule has 3 aromatic rings. The molecule has 7 nitrogen and oxygen atoms in total. The average Bonchev–Trinajstić information content (AvgIpc) is 3.22. The van der Waals surface area contributed by atoms with Gasteiger partial charge in [0.15, 0.2) is 0 Å². The van der Waals surface area contributed by atoms with Crippen molar-refractivity contribution in [2.45, 2.75) is 32.4 Å². The zero-order valence-electron chi connectivity index (χ0n) is 13.7. The molecule has 0 fully saturated rings. The number of benzene rings is 1. The highest BCUT2D eigenvalue weighted by atomic mass is 19.1. The van der Waals surface area contributed by atoms with Gasteiger partial charge in [-0.2, -0.15) is 0 Å². The molecule has 128 valence electrons. The predicted octanol–water partition coefficient (Wildman–Crippen LogP) is 1.66. The monoisotopic (exact) mass is 340 g/mol. The minimum Gasteiger partial charge on any atom is -0.345 e. The van der Waals surface area contributed by atoms with Gasteiger partial charge in [-0.25, -0.2) is 19.0 Å². The maximum atomic E-state index is 13.1. The average molecular weight is 340 g/mol. The van der Waals surface area contributed by atoms with Gasteiger partial charge in [-0.1, -0.05) is 0 Å². The van der Waals surface area contributed by atoms with E-state index in [2.05, 4.69) is 20.4 Å². The maximum Gasteiger partial charge on any atom is 0.291 e. The number of aromatic nitrogens is 5. The molecule has 0 spiro atoms. The summed E-state index contributed by atoms with van der Waals surface area (Å²) < 4.78 is 16.6. The van der Waals surface area contributed by atoms with E-state index in [-0.39, 0.29) is 23.6 Å². The zero-order valence-corrected chi connectivity index (χ0v) is 13.7. The summed E-state index contributed by atoms with van der Waals surface area (Å²) in [4.78, 5) is 21.0. The highest BCUT2D eigenvalue weighted by Gasteiger charge is 2.23. The Balaban J connectivity index is 1.50. The molecular formula is C17H17FN6O. The van der Waals surface area contributed by atoms with E-state index in [1.165, 1.54) is 16.8 Å². The van der Waals surface area contributed by atoms with Crippen molar-refractivity contribution >= 4 is 5.91 Å². The standard InChI is InChI=1S/C17H17FN6O/c1-11-20-16(22-24(11)14-5-2-12(18)3-6-14)17(25)21-13-4-7-15-19-8-9-23(15)10-13/h2-3,5-6,8-9,13H,4,7,10H2,1H3,(H,21,25)/t13-/m0/s1. The van der Waals surface area contributed by atoms with Crippen LogP contribution in [-0.2, 0) is 13.0 Å². The fourth-order valence-corrected chi connectivity index (χ4v) is 3.05. The Labute approximate surface area is 143 Å². The minimum atomic E-state index is -0.323. The van der Waals surface area contributed by atoms with Gasteiger partial charge in [-0.15, -0.1) is 5.10 Å². The van der Waals surface area contributed by atoms with Crippen molar-refractivity contribution in [1.82, 2.24) is 29.6 Å². The van der Waals surface area contributed by atoms with Gasteiger partial charge in [-0.3, -0.25) is 4.79 Å². The van der Waals surface area contributed by atoms with Gasteiger partial charge in [0.1, 0.15) is 17.5 Å². The normalized spacial score (nSPS) is 16.5. The summed E-state index contributed by atoms with van der Waals surface area (Å²) in [5.41, 5.74) is 0.658. The van der Waals surface area contributed by atoms with Crippen molar-refractivity contribution in [3.63, 3.8) is 0 Å². The first-order chi connectivity index (χ1) is 12.1. The second kappa shape index (κ2) is 6.12. The molecule has 8 heteroatoms. The molecule has 1 aliphatic heterocycles. The van der Waals surface area contributed by atoms with E-state index in [9.17, 15) is 9.18 Å². The van der Waals surface area contributed by atoms with E-state index in [1.807, 2.05) is 10.8 Å². The molecule has 1 atom stereocenters. The number of halogens is 1. The van der Waals surface area contributed by atoms with Crippen molar-refractivity contribution in [1.29, 1.82) is 0 Å². The molecule has 1 N–H and O–H groups in total. The van der Waals surface area contributed by atoms with Gasteiger partial charge in [0.2, 0.25) is 5.82 Å². The minimum absolute atomic E-state index is 0.0206. The second-order valence-electron chi connectivity index (χ2n) is 6.08. The molecule has 2 aromatic heterocycles. The van der Waals surface area contributed by atoms with Gasteiger partial charge in [-0.05, 0) is 37.6 Å². The number of nitrogens with one attached hydrogen (secondary N) is 1. The number of amides is 1. The molecule has 1 aliphatic rings. The first-order valence-electron chi connectivity index (χ1n) is 8.10. The summed E-state index contributed by atoms with van der Waals surface area (Å²) in [6.45, 7) is 2.45. The maximum absolute atomic E-state index is 13.1. The van der Waals surface area contributed by atoms with Crippen LogP contribution >= 0.6 is 0 Å². The Morgan fingerprint density at radius 3 is 2.92 bits per heavy atom. The van der Waals surface area contributed by atoms with E-state index in [1.54, 1.807) is 25.3 Å². The third-order valence-corrected chi connectivity index (χ3v) is 4.31. The SMILES string of the molecule is Cc1nc(C(=O)N[C@H]2CCc3nccn3C2)nn1-c1ccc(F)cc1. The predicted molar refractivity (Wildman–Crippen MR) is 87.9 cm³/mol. The highest BCUT2D eigenvalue weighted by Crippen LogP contribution is 2.14. The lowest BCUT2D eigenvalue weighted by atomic mass is 10.1. The van der Waals surface area contributed by atoms with Crippen LogP contribution in [0.4, 0.5) is 4.39 Å². The van der Waals surface area contributed by atoms with Gasteiger partial charge < -0.3 is 9.88 Å². The lowest BCUT2D eigenvalue weighted by molar-refractivity contribution is 0.0917. The van der Waals surface area contributed by atoms with E-state index >= 15 is 0 Å². The highest BCUT2D eigenvalue weighted by molar-refractivity contribution is 5.90. The number of rotatable bonds is 3. The number of carbonyl (C=O) groups is 1. The number of imidazole rings is 1. The molecule has 0 saturated carbocycles. The first-order valence-corrected chi connectivity index (χ1v) is 8.10. The summed E-state index contributed by atoms with van der Waals surface area (Å²) in [6, 6.07) is 5.91. The van der Waals surface area contributed by atoms with Gasteiger partial charge in [0.25, 0.3) is 5.91 Å². The summed E-state index contributed by atoms with van der Waals surface area (Å²) >= 11 is 0. The molecule has 1 amide bonds. The number of fused-ring (bicyclic) bond motifs is 1. The third kappa shape index (κ3) is 3.02. The second-order valence-corrected chi connectivity index (χ2v) is 6.08. The Morgan fingerprint density at radius 1 is 1.32 bits per heavy atom. The van der Waals surface area contributed by atoms with Crippen LogP contribution in [0.25, 0.3) is 5.69 Å². The molecule has 0 aliphatic carbocycles. The van der Waals surface area contributed by atoms with Crippen molar-refractivity contribution < 1.29 is 9.18 Å². The van der Waals surface area contributed by atoms with Crippen molar-refractivity contribution in [2.24, 2.45) is 0 Å². The van der Waals surface area contributed by atoms with Crippen LogP contribution in [0.2, 0.25) is 0 Å². The van der Waals surface area contributed by atoms with Crippen LogP contribution in [0.15, 0.2) is 36.7 Å². The largest absolute Gasteiger partial charge is 0.345 e. The molecule has 0 bridgehead atoms. The molecule has 25 heavy (non-hydrogen) atoms. The summed E-state index contributed by atoms with van der Waals surface area (Å²) in [5.74, 6) is 1.09. The Morgan fingerprint density at radius 2 is 2.12 bits per heavy atom. The number of carbonyl (C=O) groups excluding carboxylic acids is 1. The van der Waals surface area contributed by atoms with Crippen LogP contribution < -0.4 is 5.32 Å². The molecule has 3 heterocycles. The van der Waals surface area contributed by atoms with Crippen LogP contribution in [-0.4, -0.2) is 36.3 Å².